The second-order valence-corrected chi connectivity index (χ2v) is 3.74. The molecule has 1 aliphatic carbocycles. The highest BCUT2D eigenvalue weighted by Gasteiger charge is 2.20. The third kappa shape index (κ3) is 2.40. The summed E-state index contributed by atoms with van der Waals surface area (Å²) in [5.74, 6) is 0.787. The largest absolute Gasteiger partial charge is 0.383 e. The molecule has 1 saturated carbocycles. The van der Waals surface area contributed by atoms with E-state index >= 15 is 0 Å². The van der Waals surface area contributed by atoms with Gasteiger partial charge in [-0.2, -0.15) is 0 Å². The third-order valence-corrected chi connectivity index (χ3v) is 2.73. The number of hydrogen-bond donors (Lipinski definition) is 1. The van der Waals surface area contributed by atoms with Crippen LogP contribution in [-0.4, -0.2) is 6.04 Å². The van der Waals surface area contributed by atoms with Gasteiger partial charge in [-0.15, -0.1) is 0 Å². The van der Waals surface area contributed by atoms with Crippen molar-refractivity contribution in [2.45, 2.75) is 38.6 Å². The van der Waals surface area contributed by atoms with Gasteiger partial charge in [-0.05, 0) is 24.8 Å². The van der Waals surface area contributed by atoms with Gasteiger partial charge in [-0.25, -0.2) is 0 Å². The summed E-state index contributed by atoms with van der Waals surface area (Å²) in [7, 11) is 0. The molecule has 2 atom stereocenters. The highest BCUT2D eigenvalue weighted by atomic mass is 14.9. The molecule has 0 saturated heterocycles. The van der Waals surface area contributed by atoms with Crippen LogP contribution in [0.25, 0.3) is 0 Å². The summed E-state index contributed by atoms with van der Waals surface area (Å²) in [6, 6.07) is 0.629. The summed E-state index contributed by atoms with van der Waals surface area (Å²) in [6.45, 7) is 9.87. The lowest BCUT2D eigenvalue weighted by Gasteiger charge is -2.30. The molecule has 12 heavy (non-hydrogen) atoms. The Morgan fingerprint density at radius 3 is 2.67 bits per heavy atom. The van der Waals surface area contributed by atoms with Crippen molar-refractivity contribution < 1.29 is 0 Å². The Kier molecular flexibility index (Phi) is 3.39. The first kappa shape index (κ1) is 9.37. The maximum Gasteiger partial charge on any atom is 0.0286 e. The topological polar surface area (TPSA) is 12.0 Å². The quantitative estimate of drug-likeness (QED) is 0.634. The van der Waals surface area contributed by atoms with Gasteiger partial charge in [0.1, 0.15) is 0 Å². The summed E-state index contributed by atoms with van der Waals surface area (Å²) in [6.07, 6.45) is 7.17. The van der Waals surface area contributed by atoms with Crippen molar-refractivity contribution in [1.29, 1.82) is 0 Å². The van der Waals surface area contributed by atoms with Crippen LogP contribution in [0.1, 0.15) is 32.6 Å². The van der Waals surface area contributed by atoms with Gasteiger partial charge in [-0.1, -0.05) is 32.9 Å². The molecule has 68 valence electrons. The molecule has 1 heteroatoms. The monoisotopic (exact) mass is 165 g/mol. The van der Waals surface area contributed by atoms with Gasteiger partial charge in [0, 0.05) is 11.7 Å². The van der Waals surface area contributed by atoms with Gasteiger partial charge < -0.3 is 5.32 Å². The minimum atomic E-state index is 0.629. The molecule has 0 bridgehead atoms. The van der Waals surface area contributed by atoms with E-state index in [1.807, 2.05) is 0 Å². The Morgan fingerprint density at radius 2 is 2.08 bits per heavy atom. The molecule has 0 spiro atoms. The molecular formula is C11H19N. The molecule has 1 N–H and O–H groups in total. The van der Waals surface area contributed by atoms with Crippen molar-refractivity contribution >= 4 is 0 Å². The fourth-order valence-corrected chi connectivity index (χ4v) is 1.83. The summed E-state index contributed by atoms with van der Waals surface area (Å²) in [4.78, 5) is 0. The Morgan fingerprint density at radius 1 is 1.42 bits per heavy atom. The molecule has 1 aliphatic rings. The average Bonchev–Trinajstić information content (AvgIpc) is 2.09. The Balaban J connectivity index is 2.38. The van der Waals surface area contributed by atoms with E-state index in [0.717, 1.165) is 11.6 Å². The van der Waals surface area contributed by atoms with E-state index in [0.29, 0.717) is 6.04 Å². The summed E-state index contributed by atoms with van der Waals surface area (Å²) >= 11 is 0. The molecule has 0 amide bonds. The molecule has 0 aromatic carbocycles. The Labute approximate surface area is 75.6 Å². The fourth-order valence-electron chi connectivity index (χ4n) is 1.83. The van der Waals surface area contributed by atoms with Gasteiger partial charge in [0.15, 0.2) is 0 Å². The molecule has 0 aromatic heterocycles. The van der Waals surface area contributed by atoms with E-state index in [1.54, 1.807) is 6.08 Å². The molecule has 0 radical (unpaired) electrons. The number of hydrogen-bond acceptors (Lipinski definition) is 1. The maximum atomic E-state index is 3.87. The number of rotatable bonds is 3. The van der Waals surface area contributed by atoms with Gasteiger partial charge in [0.2, 0.25) is 0 Å². The molecule has 2 unspecified atom stereocenters. The van der Waals surface area contributed by atoms with Gasteiger partial charge in [0.05, 0.1) is 0 Å². The lowest BCUT2D eigenvalue weighted by Crippen LogP contribution is -2.35. The van der Waals surface area contributed by atoms with Crippen LogP contribution in [0, 0.1) is 5.92 Å². The van der Waals surface area contributed by atoms with E-state index in [4.69, 9.17) is 0 Å². The fraction of sp³-hybridized carbons (Fsp3) is 0.636. The van der Waals surface area contributed by atoms with Crippen LogP contribution in [0.4, 0.5) is 0 Å². The zero-order valence-electron chi connectivity index (χ0n) is 7.97. The minimum Gasteiger partial charge on any atom is -0.383 e. The van der Waals surface area contributed by atoms with Crippen molar-refractivity contribution in [1.82, 2.24) is 5.32 Å². The molecule has 0 aromatic rings. The number of allylic oxidation sites excluding steroid dienone is 1. The van der Waals surface area contributed by atoms with Crippen molar-refractivity contribution in [3.63, 3.8) is 0 Å². The van der Waals surface area contributed by atoms with Crippen LogP contribution < -0.4 is 5.32 Å². The second-order valence-electron chi connectivity index (χ2n) is 3.74. The molecule has 1 rings (SSSR count). The third-order valence-electron chi connectivity index (χ3n) is 2.73. The van der Waals surface area contributed by atoms with Crippen LogP contribution in [0.2, 0.25) is 0 Å². The molecular weight excluding hydrogens is 146 g/mol. The Hall–Kier alpha value is -0.720. The average molecular weight is 165 g/mol. The summed E-state index contributed by atoms with van der Waals surface area (Å²) in [5.41, 5.74) is 0.966. The first-order valence-corrected chi connectivity index (χ1v) is 4.82. The van der Waals surface area contributed by atoms with Gasteiger partial charge in [-0.3, -0.25) is 0 Å². The molecule has 1 nitrogen and oxygen atoms in total. The zero-order valence-corrected chi connectivity index (χ0v) is 7.97. The van der Waals surface area contributed by atoms with Crippen LogP contribution in [0.5, 0.6) is 0 Å². The van der Waals surface area contributed by atoms with E-state index in [-0.39, 0.29) is 0 Å². The SMILES string of the molecule is C=CC(=C)NC1CCCCC1C. The van der Waals surface area contributed by atoms with Crippen LogP contribution in [0.3, 0.4) is 0 Å². The van der Waals surface area contributed by atoms with E-state index in [9.17, 15) is 0 Å². The van der Waals surface area contributed by atoms with E-state index < -0.39 is 0 Å². The first-order chi connectivity index (χ1) is 5.74. The van der Waals surface area contributed by atoms with Crippen molar-refractivity contribution in [3.8, 4) is 0 Å². The summed E-state index contributed by atoms with van der Waals surface area (Å²) < 4.78 is 0. The van der Waals surface area contributed by atoms with Crippen LogP contribution in [0.15, 0.2) is 24.9 Å². The van der Waals surface area contributed by atoms with E-state index in [1.165, 1.54) is 25.7 Å². The smallest absolute Gasteiger partial charge is 0.0286 e. The normalized spacial score (nSPS) is 29.4. The lowest BCUT2D eigenvalue weighted by atomic mass is 9.86. The lowest BCUT2D eigenvalue weighted by molar-refractivity contribution is 0.298. The predicted octanol–water partition coefficient (Wildman–Crippen LogP) is 2.85. The molecule has 0 aliphatic heterocycles. The van der Waals surface area contributed by atoms with Gasteiger partial charge in [0.25, 0.3) is 0 Å². The standard InChI is InChI=1S/C11H19N/c1-4-10(3)12-11-8-6-5-7-9(11)2/h4,9,11-12H,1,3,5-8H2,2H3. The highest BCUT2D eigenvalue weighted by Crippen LogP contribution is 2.24. The molecule has 1 fully saturated rings. The number of nitrogens with one attached hydrogen (secondary N) is 1. The summed E-state index contributed by atoms with van der Waals surface area (Å²) in [5, 5.41) is 3.41. The van der Waals surface area contributed by atoms with Crippen molar-refractivity contribution in [2.24, 2.45) is 5.92 Å². The zero-order chi connectivity index (χ0) is 8.97. The second kappa shape index (κ2) is 4.34. The minimum absolute atomic E-state index is 0.629. The highest BCUT2D eigenvalue weighted by molar-refractivity contribution is 5.09. The maximum absolute atomic E-state index is 3.87. The van der Waals surface area contributed by atoms with Crippen LogP contribution >= 0.6 is 0 Å². The first-order valence-electron chi connectivity index (χ1n) is 4.82. The van der Waals surface area contributed by atoms with Gasteiger partial charge >= 0.3 is 0 Å². The predicted molar refractivity (Wildman–Crippen MR) is 53.9 cm³/mol. The van der Waals surface area contributed by atoms with Crippen LogP contribution in [-0.2, 0) is 0 Å². The van der Waals surface area contributed by atoms with E-state index in [2.05, 4.69) is 25.4 Å². The van der Waals surface area contributed by atoms with Crippen molar-refractivity contribution in [3.05, 3.63) is 24.9 Å². The van der Waals surface area contributed by atoms with Crippen molar-refractivity contribution in [2.75, 3.05) is 0 Å². The molecule has 0 heterocycles. The Bertz CT molecular complexity index is 172.